The van der Waals surface area contributed by atoms with E-state index >= 15 is 0 Å². The Labute approximate surface area is 99.1 Å². The van der Waals surface area contributed by atoms with Crippen molar-refractivity contribution in [2.75, 3.05) is 11.9 Å². The lowest BCUT2D eigenvalue weighted by atomic mass is 10.2. The number of pyridine rings is 1. The molecule has 1 heterocycles. The van der Waals surface area contributed by atoms with E-state index in [2.05, 4.69) is 15.6 Å². The molecule has 1 unspecified atom stereocenters. The predicted octanol–water partition coefficient (Wildman–Crippen LogP) is 0.716. The van der Waals surface area contributed by atoms with Gasteiger partial charge in [0.05, 0.1) is 0 Å². The minimum absolute atomic E-state index is 0.0573. The number of carbonyl (C=O) groups is 2. The van der Waals surface area contributed by atoms with Crippen molar-refractivity contribution in [1.82, 2.24) is 10.3 Å². The van der Waals surface area contributed by atoms with E-state index in [4.69, 9.17) is 5.11 Å². The van der Waals surface area contributed by atoms with Crippen LogP contribution in [0.5, 0.6) is 0 Å². The maximum Gasteiger partial charge on any atom is 0.354 e. The monoisotopic (exact) mass is 237 g/mol. The van der Waals surface area contributed by atoms with E-state index in [9.17, 15) is 9.59 Å². The molecule has 0 aromatic carbocycles. The molecule has 0 saturated heterocycles. The van der Waals surface area contributed by atoms with Crippen molar-refractivity contribution in [3.8, 4) is 0 Å². The summed E-state index contributed by atoms with van der Waals surface area (Å²) >= 11 is 0. The highest BCUT2D eigenvalue weighted by Crippen LogP contribution is 2.09. The first-order valence-corrected chi connectivity index (χ1v) is 5.28. The lowest BCUT2D eigenvalue weighted by Crippen LogP contribution is -2.37. The van der Waals surface area contributed by atoms with Crippen molar-refractivity contribution in [3.05, 3.63) is 24.0 Å². The van der Waals surface area contributed by atoms with Gasteiger partial charge in [-0.05, 0) is 26.0 Å². The van der Waals surface area contributed by atoms with Crippen LogP contribution in [0, 0.1) is 0 Å². The Morgan fingerprint density at radius 1 is 1.53 bits per heavy atom. The molecule has 6 nitrogen and oxygen atoms in total. The molecule has 1 aromatic heterocycles. The van der Waals surface area contributed by atoms with E-state index in [0.29, 0.717) is 12.2 Å². The predicted molar refractivity (Wildman–Crippen MR) is 63.0 cm³/mol. The van der Waals surface area contributed by atoms with Gasteiger partial charge in [0, 0.05) is 18.4 Å². The van der Waals surface area contributed by atoms with Crippen LogP contribution < -0.4 is 10.6 Å². The molecule has 1 atom stereocenters. The fourth-order valence-electron chi connectivity index (χ4n) is 1.28. The van der Waals surface area contributed by atoms with Crippen molar-refractivity contribution in [1.29, 1.82) is 0 Å². The van der Waals surface area contributed by atoms with Crippen LogP contribution in [-0.2, 0) is 4.79 Å². The van der Waals surface area contributed by atoms with Crippen LogP contribution in [0.2, 0.25) is 0 Å². The summed E-state index contributed by atoms with van der Waals surface area (Å²) in [6, 6.07) is 2.57. The zero-order chi connectivity index (χ0) is 12.8. The van der Waals surface area contributed by atoms with Gasteiger partial charge in [0.25, 0.3) is 0 Å². The minimum atomic E-state index is -1.10. The largest absolute Gasteiger partial charge is 0.477 e. The quantitative estimate of drug-likeness (QED) is 0.701. The molecule has 0 aliphatic rings. The maximum atomic E-state index is 11.5. The third kappa shape index (κ3) is 3.75. The normalized spacial score (nSPS) is 11.6. The molecule has 0 spiro atoms. The number of carboxylic acid groups (broad SMARTS) is 1. The average Bonchev–Trinajstić information content (AvgIpc) is 2.29. The Morgan fingerprint density at radius 3 is 2.82 bits per heavy atom. The number of aromatic carboxylic acids is 1. The lowest BCUT2D eigenvalue weighted by molar-refractivity contribution is -0.121. The number of nitrogens with one attached hydrogen (secondary N) is 2. The number of amides is 1. The van der Waals surface area contributed by atoms with Gasteiger partial charge in [-0.2, -0.15) is 0 Å². The summed E-state index contributed by atoms with van der Waals surface area (Å²) in [7, 11) is 0. The van der Waals surface area contributed by atoms with E-state index < -0.39 is 12.0 Å². The topological polar surface area (TPSA) is 91.3 Å². The first-order chi connectivity index (χ1) is 8.04. The second-order valence-electron chi connectivity index (χ2n) is 3.50. The zero-order valence-electron chi connectivity index (χ0n) is 9.73. The van der Waals surface area contributed by atoms with E-state index in [1.807, 2.05) is 6.92 Å². The van der Waals surface area contributed by atoms with Gasteiger partial charge in [0.15, 0.2) is 0 Å². The Hall–Kier alpha value is -2.11. The van der Waals surface area contributed by atoms with Crippen molar-refractivity contribution in [3.63, 3.8) is 0 Å². The first kappa shape index (κ1) is 13.0. The minimum Gasteiger partial charge on any atom is -0.477 e. The van der Waals surface area contributed by atoms with E-state index in [0.717, 1.165) is 0 Å². The molecule has 92 valence electrons. The number of anilines is 1. The van der Waals surface area contributed by atoms with Crippen LogP contribution in [0.1, 0.15) is 24.3 Å². The second kappa shape index (κ2) is 5.83. The summed E-state index contributed by atoms with van der Waals surface area (Å²) < 4.78 is 0. The first-order valence-electron chi connectivity index (χ1n) is 5.28. The van der Waals surface area contributed by atoms with E-state index in [-0.39, 0.29) is 11.6 Å². The molecule has 0 saturated carbocycles. The number of rotatable bonds is 5. The number of nitrogens with zero attached hydrogens (tertiary/aromatic N) is 1. The summed E-state index contributed by atoms with van der Waals surface area (Å²) in [5.41, 5.74) is 0.495. The molecule has 3 N–H and O–H groups in total. The summed E-state index contributed by atoms with van der Waals surface area (Å²) in [5, 5.41) is 14.3. The third-order valence-electron chi connectivity index (χ3n) is 2.11. The smallest absolute Gasteiger partial charge is 0.354 e. The molecule has 1 aromatic rings. The molecule has 0 aliphatic carbocycles. The molecule has 1 amide bonds. The lowest BCUT2D eigenvalue weighted by Gasteiger charge is -2.14. The maximum absolute atomic E-state index is 11.5. The van der Waals surface area contributed by atoms with Crippen molar-refractivity contribution in [2.45, 2.75) is 19.9 Å². The molecular formula is C11H15N3O3. The third-order valence-corrected chi connectivity index (χ3v) is 2.11. The number of hydrogen-bond acceptors (Lipinski definition) is 4. The molecule has 0 aliphatic heterocycles. The molecule has 0 radical (unpaired) electrons. The molecule has 0 bridgehead atoms. The Kier molecular flexibility index (Phi) is 4.45. The van der Waals surface area contributed by atoms with Gasteiger partial charge in [0.1, 0.15) is 11.7 Å². The van der Waals surface area contributed by atoms with Gasteiger partial charge < -0.3 is 15.7 Å². The molecular weight excluding hydrogens is 222 g/mol. The van der Waals surface area contributed by atoms with Gasteiger partial charge in [-0.25, -0.2) is 9.78 Å². The van der Waals surface area contributed by atoms with Crippen LogP contribution in [0.25, 0.3) is 0 Å². The standard InChI is InChI=1S/C11H15N3O3/c1-3-12-10(15)7(2)14-8-4-5-13-9(6-8)11(16)17/h4-7H,3H2,1-2H3,(H,12,15)(H,13,14)(H,16,17). The van der Waals surface area contributed by atoms with Gasteiger partial charge >= 0.3 is 5.97 Å². The number of carboxylic acids is 1. The Morgan fingerprint density at radius 2 is 2.24 bits per heavy atom. The molecule has 0 fully saturated rings. The highest BCUT2D eigenvalue weighted by molar-refractivity contribution is 5.87. The summed E-state index contributed by atoms with van der Waals surface area (Å²) in [4.78, 5) is 25.9. The number of carbonyl (C=O) groups excluding carboxylic acids is 1. The fraction of sp³-hybridized carbons (Fsp3) is 0.364. The van der Waals surface area contributed by atoms with Gasteiger partial charge in [-0.15, -0.1) is 0 Å². The highest BCUT2D eigenvalue weighted by Gasteiger charge is 2.12. The van der Waals surface area contributed by atoms with E-state index in [1.54, 1.807) is 13.0 Å². The van der Waals surface area contributed by atoms with Crippen LogP contribution in [0.4, 0.5) is 5.69 Å². The molecule has 6 heteroatoms. The fourth-order valence-corrected chi connectivity index (χ4v) is 1.28. The van der Waals surface area contributed by atoms with Crippen molar-refractivity contribution < 1.29 is 14.7 Å². The second-order valence-corrected chi connectivity index (χ2v) is 3.50. The SMILES string of the molecule is CCNC(=O)C(C)Nc1ccnc(C(=O)O)c1. The molecule has 1 rings (SSSR count). The van der Waals surface area contributed by atoms with Gasteiger partial charge in [-0.1, -0.05) is 0 Å². The number of aromatic nitrogens is 1. The summed E-state index contributed by atoms with van der Waals surface area (Å²) in [5.74, 6) is -1.24. The summed E-state index contributed by atoms with van der Waals surface area (Å²) in [6.45, 7) is 4.09. The van der Waals surface area contributed by atoms with Crippen LogP contribution in [0.3, 0.4) is 0 Å². The average molecular weight is 237 g/mol. The highest BCUT2D eigenvalue weighted by atomic mass is 16.4. The van der Waals surface area contributed by atoms with E-state index in [1.165, 1.54) is 12.3 Å². The van der Waals surface area contributed by atoms with Crippen LogP contribution in [0.15, 0.2) is 18.3 Å². The molecule has 17 heavy (non-hydrogen) atoms. The van der Waals surface area contributed by atoms with Crippen molar-refractivity contribution >= 4 is 17.6 Å². The summed E-state index contributed by atoms with van der Waals surface area (Å²) in [6.07, 6.45) is 1.39. The number of likely N-dealkylation sites (N-methyl/N-ethyl adjacent to an activating group) is 1. The zero-order valence-corrected chi connectivity index (χ0v) is 9.73. The Bertz CT molecular complexity index is 420. The van der Waals surface area contributed by atoms with Crippen LogP contribution in [-0.4, -0.2) is 34.6 Å². The Balaban J connectivity index is 2.71. The van der Waals surface area contributed by atoms with Gasteiger partial charge in [-0.3, -0.25) is 4.79 Å². The van der Waals surface area contributed by atoms with Crippen molar-refractivity contribution in [2.24, 2.45) is 0 Å². The van der Waals surface area contributed by atoms with Crippen LogP contribution >= 0.6 is 0 Å². The number of hydrogen-bond donors (Lipinski definition) is 3. The van der Waals surface area contributed by atoms with Gasteiger partial charge in [0.2, 0.25) is 5.91 Å².